The van der Waals surface area contributed by atoms with Crippen molar-refractivity contribution in [3.63, 3.8) is 0 Å². The fourth-order valence-corrected chi connectivity index (χ4v) is 8.96. The molecular formula is C51H31N3OS. The molecule has 11 aromatic rings. The van der Waals surface area contributed by atoms with Gasteiger partial charge in [-0.2, -0.15) is 0 Å². The molecule has 0 aliphatic carbocycles. The molecule has 0 spiro atoms. The molecule has 0 aliphatic rings. The van der Waals surface area contributed by atoms with Crippen molar-refractivity contribution >= 4 is 53.4 Å². The van der Waals surface area contributed by atoms with Crippen molar-refractivity contribution in [2.45, 2.75) is 0 Å². The van der Waals surface area contributed by atoms with Gasteiger partial charge in [-0.15, -0.1) is 11.3 Å². The average Bonchev–Trinajstić information content (AvgIpc) is 3.85. The van der Waals surface area contributed by atoms with Crippen LogP contribution in [-0.4, -0.2) is 15.0 Å². The lowest BCUT2D eigenvalue weighted by atomic mass is 9.97. The second kappa shape index (κ2) is 13.3. The molecule has 0 atom stereocenters. The van der Waals surface area contributed by atoms with Gasteiger partial charge in [0.2, 0.25) is 0 Å². The highest BCUT2D eigenvalue weighted by atomic mass is 32.1. The van der Waals surface area contributed by atoms with Gasteiger partial charge in [-0.3, -0.25) is 0 Å². The minimum atomic E-state index is 0.573. The first-order chi connectivity index (χ1) is 27.7. The quantitative estimate of drug-likeness (QED) is 0.171. The number of hydrogen-bond donors (Lipinski definition) is 0. The van der Waals surface area contributed by atoms with Crippen molar-refractivity contribution in [1.82, 2.24) is 15.0 Å². The highest BCUT2D eigenvalue weighted by Gasteiger charge is 2.20. The van der Waals surface area contributed by atoms with E-state index >= 15 is 0 Å². The van der Waals surface area contributed by atoms with Crippen LogP contribution in [-0.2, 0) is 0 Å². The molecule has 56 heavy (non-hydrogen) atoms. The van der Waals surface area contributed by atoms with E-state index in [4.69, 9.17) is 19.4 Å². The number of rotatable bonds is 6. The summed E-state index contributed by atoms with van der Waals surface area (Å²) >= 11 is 1.77. The van der Waals surface area contributed by atoms with Crippen LogP contribution in [0, 0.1) is 0 Å². The monoisotopic (exact) mass is 733 g/mol. The van der Waals surface area contributed by atoms with Gasteiger partial charge in [-0.1, -0.05) is 158 Å². The summed E-state index contributed by atoms with van der Waals surface area (Å²) in [4.78, 5) is 15.3. The summed E-state index contributed by atoms with van der Waals surface area (Å²) in [5.74, 6) is 1.83. The van der Waals surface area contributed by atoms with Crippen molar-refractivity contribution in [3.8, 4) is 67.5 Å². The minimum Gasteiger partial charge on any atom is -0.455 e. The van der Waals surface area contributed by atoms with Gasteiger partial charge < -0.3 is 4.42 Å². The zero-order chi connectivity index (χ0) is 37.0. The predicted molar refractivity (Wildman–Crippen MR) is 233 cm³/mol. The standard InChI is InChI=1S/C51H31N3OS/c1-3-11-32(12-4-1)33-21-23-34(24-22-33)35-25-27-36(28-26-35)38-29-30-39-41-16-9-18-43(47(41)55-45(39)31-38)50-52-49(37-13-5-2-6-14-37)53-51(54-50)44-19-10-17-42-40-15-7-8-20-46(40)56-48(42)44/h1-31H. The van der Waals surface area contributed by atoms with Gasteiger partial charge >= 0.3 is 0 Å². The first-order valence-electron chi connectivity index (χ1n) is 18.7. The van der Waals surface area contributed by atoms with E-state index in [0.29, 0.717) is 17.5 Å². The minimum absolute atomic E-state index is 0.573. The molecule has 11 rings (SSSR count). The first kappa shape index (κ1) is 32.2. The molecule has 3 heterocycles. The molecule has 0 saturated carbocycles. The molecule has 8 aromatic carbocycles. The molecule has 0 bridgehead atoms. The van der Waals surface area contributed by atoms with Crippen LogP contribution in [0.2, 0.25) is 0 Å². The van der Waals surface area contributed by atoms with E-state index in [0.717, 1.165) is 54.5 Å². The predicted octanol–water partition coefficient (Wildman–Crippen LogP) is 14.1. The number of benzene rings is 8. The molecule has 4 nitrogen and oxygen atoms in total. The average molecular weight is 734 g/mol. The summed E-state index contributed by atoms with van der Waals surface area (Å²) in [6.45, 7) is 0. The smallest absolute Gasteiger partial charge is 0.167 e. The van der Waals surface area contributed by atoms with Gasteiger partial charge in [-0.25, -0.2) is 15.0 Å². The fourth-order valence-electron chi connectivity index (χ4n) is 7.75. The van der Waals surface area contributed by atoms with Crippen LogP contribution >= 0.6 is 11.3 Å². The molecule has 0 saturated heterocycles. The Labute approximate surface area is 327 Å². The van der Waals surface area contributed by atoms with Crippen LogP contribution in [0.3, 0.4) is 0 Å². The molecule has 3 aromatic heterocycles. The Morgan fingerprint density at radius 1 is 0.339 bits per heavy atom. The summed E-state index contributed by atoms with van der Waals surface area (Å²) in [6.07, 6.45) is 0. The second-order valence-electron chi connectivity index (χ2n) is 14.0. The number of hydrogen-bond acceptors (Lipinski definition) is 5. The topological polar surface area (TPSA) is 51.8 Å². The molecule has 0 amide bonds. The molecule has 5 heteroatoms. The summed E-state index contributed by atoms with van der Waals surface area (Å²) < 4.78 is 9.14. The van der Waals surface area contributed by atoms with E-state index < -0.39 is 0 Å². The first-order valence-corrected chi connectivity index (χ1v) is 19.5. The summed E-state index contributed by atoms with van der Waals surface area (Å²) in [5, 5.41) is 4.51. The van der Waals surface area contributed by atoms with Crippen molar-refractivity contribution in [2.24, 2.45) is 0 Å². The molecule has 0 unspecified atom stereocenters. The number of fused-ring (bicyclic) bond motifs is 6. The van der Waals surface area contributed by atoms with Crippen molar-refractivity contribution in [2.75, 3.05) is 0 Å². The molecule has 262 valence electrons. The Kier molecular flexibility index (Phi) is 7.64. The molecule has 0 radical (unpaired) electrons. The van der Waals surface area contributed by atoms with Crippen LogP contribution in [0.1, 0.15) is 0 Å². The number of aromatic nitrogens is 3. The fraction of sp³-hybridized carbons (Fsp3) is 0. The van der Waals surface area contributed by atoms with E-state index in [1.54, 1.807) is 11.3 Å². The van der Waals surface area contributed by atoms with E-state index in [1.165, 1.54) is 37.7 Å². The van der Waals surface area contributed by atoms with Gasteiger partial charge in [0.25, 0.3) is 0 Å². The third kappa shape index (κ3) is 5.56. The van der Waals surface area contributed by atoms with Gasteiger partial charge in [0.15, 0.2) is 17.5 Å². The van der Waals surface area contributed by atoms with Gasteiger partial charge in [0.1, 0.15) is 11.2 Å². The largest absolute Gasteiger partial charge is 0.455 e. The van der Waals surface area contributed by atoms with E-state index in [1.807, 2.05) is 42.5 Å². The van der Waals surface area contributed by atoms with Crippen molar-refractivity contribution in [3.05, 3.63) is 188 Å². The summed E-state index contributed by atoms with van der Waals surface area (Å²) in [5.41, 5.74) is 11.3. The maximum Gasteiger partial charge on any atom is 0.167 e. The zero-order valence-electron chi connectivity index (χ0n) is 30.1. The third-order valence-electron chi connectivity index (χ3n) is 10.6. The highest BCUT2D eigenvalue weighted by molar-refractivity contribution is 7.26. The van der Waals surface area contributed by atoms with E-state index in [2.05, 4.69) is 146 Å². The van der Waals surface area contributed by atoms with E-state index in [-0.39, 0.29) is 0 Å². The van der Waals surface area contributed by atoms with Crippen LogP contribution in [0.4, 0.5) is 0 Å². The number of para-hydroxylation sites is 1. The van der Waals surface area contributed by atoms with Gasteiger partial charge in [0.05, 0.1) is 5.56 Å². The number of nitrogens with zero attached hydrogens (tertiary/aromatic N) is 3. The lowest BCUT2D eigenvalue weighted by molar-refractivity contribution is 0.669. The van der Waals surface area contributed by atoms with Crippen LogP contribution < -0.4 is 0 Å². The Balaban J connectivity index is 0.986. The Hall–Kier alpha value is -7.21. The Morgan fingerprint density at radius 2 is 0.839 bits per heavy atom. The lowest BCUT2D eigenvalue weighted by Crippen LogP contribution is -2.00. The van der Waals surface area contributed by atoms with Crippen LogP contribution in [0.25, 0.3) is 110 Å². The van der Waals surface area contributed by atoms with Crippen molar-refractivity contribution < 1.29 is 4.42 Å². The lowest BCUT2D eigenvalue weighted by Gasteiger charge is -2.09. The van der Waals surface area contributed by atoms with Gasteiger partial charge in [0, 0.05) is 42.1 Å². The maximum atomic E-state index is 6.74. The molecule has 0 N–H and O–H groups in total. The van der Waals surface area contributed by atoms with E-state index in [9.17, 15) is 0 Å². The maximum absolute atomic E-state index is 6.74. The number of thiophene rings is 1. The molecular weight excluding hydrogens is 703 g/mol. The van der Waals surface area contributed by atoms with Gasteiger partial charge in [-0.05, 0) is 63.7 Å². The van der Waals surface area contributed by atoms with Crippen LogP contribution in [0.15, 0.2) is 192 Å². The number of furan rings is 1. The third-order valence-corrected chi connectivity index (χ3v) is 11.8. The molecule has 0 aliphatic heterocycles. The highest BCUT2D eigenvalue weighted by Crippen LogP contribution is 2.41. The normalized spacial score (nSPS) is 11.6. The summed E-state index contributed by atoms with van der Waals surface area (Å²) in [7, 11) is 0. The van der Waals surface area contributed by atoms with Crippen LogP contribution in [0.5, 0.6) is 0 Å². The Bertz CT molecular complexity index is 3220. The zero-order valence-corrected chi connectivity index (χ0v) is 30.9. The summed E-state index contributed by atoms with van der Waals surface area (Å²) in [6, 6.07) is 65.7. The Morgan fingerprint density at radius 3 is 1.54 bits per heavy atom. The second-order valence-corrected chi connectivity index (χ2v) is 15.0. The molecule has 0 fully saturated rings. The SMILES string of the molecule is c1ccc(-c2ccc(-c3ccc(-c4ccc5c(c4)oc4c(-c6nc(-c7ccccc7)nc(-c7cccc8c7sc7ccccc78)n6)cccc45)cc3)cc2)cc1. The van der Waals surface area contributed by atoms with Crippen molar-refractivity contribution in [1.29, 1.82) is 0 Å².